The number of nitrogens with zero attached hydrogens (tertiary/aromatic N) is 3. The van der Waals surface area contributed by atoms with E-state index in [1.807, 2.05) is 0 Å². The Labute approximate surface area is 106 Å². The lowest BCUT2D eigenvalue weighted by Crippen LogP contribution is -2.18. The Balaban J connectivity index is 1.92. The quantitative estimate of drug-likeness (QED) is 0.366. The molecule has 0 unspecified atom stereocenters. The Morgan fingerprint density at radius 2 is 2.22 bits per heavy atom. The van der Waals surface area contributed by atoms with Crippen LogP contribution in [0.1, 0.15) is 37.8 Å². The Morgan fingerprint density at radius 3 is 2.94 bits per heavy atom. The standard InChI is InChI=1S/C12H18N4O2/c13-11(16-17)10-6-7-14-12(15-10)18-8-9-4-2-1-3-5-9/h6-7,9,17H,1-5,8H2,(H2,13,16). The van der Waals surface area contributed by atoms with Gasteiger partial charge in [0.15, 0.2) is 5.84 Å². The van der Waals surface area contributed by atoms with Crippen molar-refractivity contribution in [3.05, 3.63) is 18.0 Å². The predicted molar refractivity (Wildman–Crippen MR) is 66.6 cm³/mol. The molecule has 0 aliphatic heterocycles. The van der Waals surface area contributed by atoms with Crippen LogP contribution in [0.3, 0.4) is 0 Å². The third-order valence-electron chi connectivity index (χ3n) is 3.18. The highest BCUT2D eigenvalue weighted by molar-refractivity contribution is 5.95. The van der Waals surface area contributed by atoms with Gasteiger partial charge in [-0.2, -0.15) is 4.98 Å². The molecule has 0 spiro atoms. The van der Waals surface area contributed by atoms with Crippen molar-refractivity contribution in [1.29, 1.82) is 0 Å². The van der Waals surface area contributed by atoms with Gasteiger partial charge in [-0.25, -0.2) is 4.98 Å². The number of amidine groups is 1. The summed E-state index contributed by atoms with van der Waals surface area (Å²) >= 11 is 0. The molecule has 3 N–H and O–H groups in total. The molecule has 1 aliphatic carbocycles. The van der Waals surface area contributed by atoms with Gasteiger partial charge in [-0.1, -0.05) is 24.4 Å². The molecule has 1 aromatic heterocycles. The number of oxime groups is 1. The monoisotopic (exact) mass is 250 g/mol. The van der Waals surface area contributed by atoms with Crippen LogP contribution in [0.25, 0.3) is 0 Å². The number of nitrogens with two attached hydrogens (primary N) is 1. The maximum absolute atomic E-state index is 8.57. The van der Waals surface area contributed by atoms with Crippen molar-refractivity contribution < 1.29 is 9.94 Å². The molecule has 1 aliphatic rings. The first-order valence-corrected chi connectivity index (χ1v) is 6.23. The molecule has 1 aromatic rings. The van der Waals surface area contributed by atoms with Gasteiger partial charge in [0.2, 0.25) is 0 Å². The first kappa shape index (κ1) is 12.6. The van der Waals surface area contributed by atoms with Crippen molar-refractivity contribution in [3.63, 3.8) is 0 Å². The van der Waals surface area contributed by atoms with Gasteiger partial charge in [-0.3, -0.25) is 0 Å². The van der Waals surface area contributed by atoms with Crippen LogP contribution < -0.4 is 10.5 Å². The molecule has 6 heteroatoms. The molecule has 0 aromatic carbocycles. The van der Waals surface area contributed by atoms with Crippen LogP contribution in [0.2, 0.25) is 0 Å². The molecule has 2 rings (SSSR count). The van der Waals surface area contributed by atoms with E-state index in [0.717, 1.165) is 0 Å². The van der Waals surface area contributed by atoms with Crippen molar-refractivity contribution in [2.45, 2.75) is 32.1 Å². The van der Waals surface area contributed by atoms with E-state index in [1.165, 1.54) is 38.3 Å². The fraction of sp³-hybridized carbons (Fsp3) is 0.583. The molecule has 0 radical (unpaired) electrons. The second kappa shape index (κ2) is 6.18. The van der Waals surface area contributed by atoms with Crippen molar-refractivity contribution in [2.75, 3.05) is 6.61 Å². The molecular formula is C12H18N4O2. The number of aromatic nitrogens is 2. The minimum atomic E-state index is -0.0417. The second-order valence-corrected chi connectivity index (χ2v) is 4.52. The van der Waals surface area contributed by atoms with E-state index in [2.05, 4.69) is 15.1 Å². The SMILES string of the molecule is N/C(=N/O)c1ccnc(OCC2CCCCC2)n1. The van der Waals surface area contributed by atoms with Gasteiger partial charge in [0.05, 0.1) is 6.61 Å². The summed E-state index contributed by atoms with van der Waals surface area (Å²) in [5, 5.41) is 11.5. The number of hydrogen-bond donors (Lipinski definition) is 2. The number of ether oxygens (including phenoxy) is 1. The van der Waals surface area contributed by atoms with E-state index in [4.69, 9.17) is 15.7 Å². The Kier molecular flexibility index (Phi) is 4.33. The van der Waals surface area contributed by atoms with E-state index in [-0.39, 0.29) is 11.8 Å². The van der Waals surface area contributed by atoms with Crippen LogP contribution >= 0.6 is 0 Å². The van der Waals surface area contributed by atoms with Gasteiger partial charge < -0.3 is 15.7 Å². The van der Waals surface area contributed by atoms with Crippen LogP contribution in [-0.4, -0.2) is 27.6 Å². The van der Waals surface area contributed by atoms with E-state index < -0.39 is 0 Å². The van der Waals surface area contributed by atoms with Gasteiger partial charge >= 0.3 is 6.01 Å². The summed E-state index contributed by atoms with van der Waals surface area (Å²) in [4.78, 5) is 8.09. The minimum Gasteiger partial charge on any atom is -0.463 e. The minimum absolute atomic E-state index is 0.0417. The van der Waals surface area contributed by atoms with Crippen LogP contribution in [0.5, 0.6) is 6.01 Å². The lowest BCUT2D eigenvalue weighted by Gasteiger charge is -2.20. The highest BCUT2D eigenvalue weighted by atomic mass is 16.5. The fourth-order valence-electron chi connectivity index (χ4n) is 2.15. The van der Waals surface area contributed by atoms with Crippen molar-refractivity contribution in [1.82, 2.24) is 9.97 Å². The molecular weight excluding hydrogens is 232 g/mol. The van der Waals surface area contributed by atoms with E-state index in [9.17, 15) is 0 Å². The zero-order valence-corrected chi connectivity index (χ0v) is 10.2. The van der Waals surface area contributed by atoms with Gasteiger partial charge in [0.25, 0.3) is 0 Å². The van der Waals surface area contributed by atoms with Gasteiger partial charge in [-0.05, 0) is 24.8 Å². The van der Waals surface area contributed by atoms with E-state index >= 15 is 0 Å². The third kappa shape index (κ3) is 3.32. The Bertz CT molecular complexity index is 416. The van der Waals surface area contributed by atoms with E-state index in [1.54, 1.807) is 6.07 Å². The zero-order chi connectivity index (χ0) is 12.8. The smallest absolute Gasteiger partial charge is 0.317 e. The molecule has 0 saturated heterocycles. The molecule has 1 saturated carbocycles. The van der Waals surface area contributed by atoms with Crippen LogP contribution in [0, 0.1) is 5.92 Å². The molecule has 98 valence electrons. The maximum atomic E-state index is 8.57. The molecule has 0 bridgehead atoms. The highest BCUT2D eigenvalue weighted by Gasteiger charge is 2.14. The summed E-state index contributed by atoms with van der Waals surface area (Å²) in [7, 11) is 0. The third-order valence-corrected chi connectivity index (χ3v) is 3.18. The van der Waals surface area contributed by atoms with Crippen LogP contribution in [0.15, 0.2) is 17.4 Å². The van der Waals surface area contributed by atoms with Crippen molar-refractivity contribution in [2.24, 2.45) is 16.8 Å². The first-order valence-electron chi connectivity index (χ1n) is 6.23. The summed E-state index contributed by atoms with van der Waals surface area (Å²) < 4.78 is 5.57. The number of rotatable bonds is 4. The van der Waals surface area contributed by atoms with Crippen molar-refractivity contribution in [3.8, 4) is 6.01 Å². The second-order valence-electron chi connectivity index (χ2n) is 4.52. The molecule has 0 atom stereocenters. The van der Waals surface area contributed by atoms with Crippen LogP contribution in [0.4, 0.5) is 0 Å². The zero-order valence-electron chi connectivity index (χ0n) is 10.2. The molecule has 1 heterocycles. The molecule has 18 heavy (non-hydrogen) atoms. The summed E-state index contributed by atoms with van der Waals surface area (Å²) in [6, 6.07) is 1.85. The fourth-order valence-corrected chi connectivity index (χ4v) is 2.15. The summed E-state index contributed by atoms with van der Waals surface area (Å²) in [5.74, 6) is 0.551. The lowest BCUT2D eigenvalue weighted by molar-refractivity contribution is 0.196. The summed E-state index contributed by atoms with van der Waals surface area (Å²) in [6.07, 6.45) is 7.83. The largest absolute Gasteiger partial charge is 0.463 e. The molecule has 6 nitrogen and oxygen atoms in total. The van der Waals surface area contributed by atoms with Gasteiger partial charge in [0, 0.05) is 6.20 Å². The Morgan fingerprint density at radius 1 is 1.44 bits per heavy atom. The maximum Gasteiger partial charge on any atom is 0.317 e. The topological polar surface area (TPSA) is 93.6 Å². The highest BCUT2D eigenvalue weighted by Crippen LogP contribution is 2.23. The lowest BCUT2D eigenvalue weighted by atomic mass is 9.90. The summed E-state index contributed by atoms with van der Waals surface area (Å²) in [5.41, 5.74) is 5.82. The summed E-state index contributed by atoms with van der Waals surface area (Å²) in [6.45, 7) is 0.639. The average molecular weight is 250 g/mol. The van der Waals surface area contributed by atoms with Gasteiger partial charge in [0.1, 0.15) is 5.69 Å². The van der Waals surface area contributed by atoms with Gasteiger partial charge in [-0.15, -0.1) is 0 Å². The van der Waals surface area contributed by atoms with E-state index in [0.29, 0.717) is 18.2 Å². The normalized spacial score (nSPS) is 17.7. The average Bonchev–Trinajstić information content (AvgIpc) is 2.45. The molecule has 0 amide bonds. The first-order chi connectivity index (χ1) is 8.79. The molecule has 1 fully saturated rings. The van der Waals surface area contributed by atoms with Crippen molar-refractivity contribution >= 4 is 5.84 Å². The Hall–Kier alpha value is -1.85. The predicted octanol–water partition coefficient (Wildman–Crippen LogP) is 1.53. The number of hydrogen-bond acceptors (Lipinski definition) is 5. The van der Waals surface area contributed by atoms with Crippen LogP contribution in [-0.2, 0) is 0 Å².